The van der Waals surface area contributed by atoms with Gasteiger partial charge in [-0.3, -0.25) is 9.97 Å². The second kappa shape index (κ2) is 10.5. The van der Waals surface area contributed by atoms with Gasteiger partial charge in [-0.05, 0) is 38.1 Å². The summed E-state index contributed by atoms with van der Waals surface area (Å²) in [6.07, 6.45) is 3.26. The van der Waals surface area contributed by atoms with Crippen LogP contribution in [0.25, 0.3) is 0 Å². The van der Waals surface area contributed by atoms with Crippen LogP contribution in [-0.2, 0) is 17.1 Å². The van der Waals surface area contributed by atoms with Crippen LogP contribution in [0.15, 0.2) is 59.1 Å². The van der Waals surface area contributed by atoms with Crippen LogP contribution in [0.5, 0.6) is 0 Å². The van der Waals surface area contributed by atoms with Crippen LogP contribution in [0.1, 0.15) is 25.2 Å². The van der Waals surface area contributed by atoms with Crippen molar-refractivity contribution in [2.45, 2.75) is 13.8 Å². The van der Waals surface area contributed by atoms with Crippen LogP contribution >= 0.6 is 0 Å². The maximum atomic E-state index is 9.98. The first-order valence-corrected chi connectivity index (χ1v) is 5.85. The van der Waals surface area contributed by atoms with Gasteiger partial charge in [-0.25, -0.2) is 0 Å². The number of hydrogen-bond donors (Lipinski definition) is 0. The fourth-order valence-electron chi connectivity index (χ4n) is 1.25. The molecule has 0 aliphatic carbocycles. The van der Waals surface area contributed by atoms with Gasteiger partial charge < -0.3 is 20.7 Å². The van der Waals surface area contributed by atoms with Crippen LogP contribution < -0.4 is 0 Å². The summed E-state index contributed by atoms with van der Waals surface area (Å²) in [6.45, 7) is 3.27. The maximum Gasteiger partial charge on any atom is 2.00 e. The maximum absolute atomic E-state index is 9.98. The van der Waals surface area contributed by atoms with Gasteiger partial charge >= 0.3 is 17.1 Å². The molecule has 2 aromatic rings. The molecule has 0 aromatic carbocycles. The van der Waals surface area contributed by atoms with Gasteiger partial charge in [-0.2, -0.15) is 0 Å². The van der Waals surface area contributed by atoms with E-state index in [0.29, 0.717) is 22.8 Å². The van der Waals surface area contributed by atoms with Crippen molar-refractivity contribution in [2.75, 3.05) is 0 Å². The largest absolute Gasteiger partial charge is 2.00 e. The number of pyridine rings is 2. The minimum Gasteiger partial charge on any atom is -0.792 e. The second-order valence-electron chi connectivity index (χ2n) is 3.78. The Kier molecular flexibility index (Phi) is 9.41. The van der Waals surface area contributed by atoms with E-state index in [9.17, 15) is 10.4 Å². The summed E-state index contributed by atoms with van der Waals surface area (Å²) in [7, 11) is 0. The molecule has 0 atom stereocenters. The molecule has 0 N–H and O–H groups in total. The zero-order valence-corrected chi connectivity index (χ0v) is 12.5. The topological polar surface area (TPSA) is 96.6 Å². The van der Waals surface area contributed by atoms with Crippen molar-refractivity contribution >= 4 is 11.4 Å². The zero-order chi connectivity index (χ0) is 14.8. The molecule has 0 fully saturated rings. The van der Waals surface area contributed by atoms with Gasteiger partial charge in [0.05, 0.1) is 22.8 Å². The number of nitrogens with zero attached hydrogens (tertiary/aromatic N) is 4. The summed E-state index contributed by atoms with van der Waals surface area (Å²) in [4.78, 5) is 7.84. The van der Waals surface area contributed by atoms with Gasteiger partial charge in [0.15, 0.2) is 0 Å². The fourth-order valence-corrected chi connectivity index (χ4v) is 1.25. The zero-order valence-electron chi connectivity index (χ0n) is 11.5. The van der Waals surface area contributed by atoms with E-state index < -0.39 is 0 Å². The van der Waals surface area contributed by atoms with E-state index in [1.54, 1.807) is 50.5 Å². The average Bonchev–Trinajstić information content (AvgIpc) is 2.55. The van der Waals surface area contributed by atoms with Gasteiger partial charge in [0.25, 0.3) is 0 Å². The summed E-state index contributed by atoms with van der Waals surface area (Å²) in [6, 6.07) is 10.7. The molecule has 21 heavy (non-hydrogen) atoms. The smallest absolute Gasteiger partial charge is 0.792 e. The first-order chi connectivity index (χ1) is 9.69. The molecule has 7 heteroatoms. The first-order valence-electron chi connectivity index (χ1n) is 5.85. The van der Waals surface area contributed by atoms with Crippen molar-refractivity contribution in [3.05, 3.63) is 70.6 Å². The first kappa shape index (κ1) is 18.8. The van der Waals surface area contributed by atoms with Crippen molar-refractivity contribution in [1.82, 2.24) is 9.97 Å². The molecule has 2 rings (SSSR count). The molecule has 0 amide bonds. The van der Waals surface area contributed by atoms with Gasteiger partial charge in [0.2, 0.25) is 0 Å². The Morgan fingerprint density at radius 1 is 0.810 bits per heavy atom. The molecule has 1 radical (unpaired) electrons. The summed E-state index contributed by atoms with van der Waals surface area (Å²) in [5.41, 5.74) is 2.11. The van der Waals surface area contributed by atoms with Crippen LogP contribution in [0.2, 0.25) is 0 Å². The summed E-state index contributed by atoms with van der Waals surface area (Å²) in [5, 5.41) is 25.5. The molecule has 113 valence electrons. The monoisotopic (exact) mass is 333 g/mol. The molecule has 0 saturated carbocycles. The molecular weight excluding hydrogens is 320 g/mol. The van der Waals surface area contributed by atoms with Crippen LogP contribution in [0.3, 0.4) is 0 Å². The Hall–Kier alpha value is -2.24. The fraction of sp³-hybridized carbons (Fsp3) is 0.143. The predicted molar refractivity (Wildman–Crippen MR) is 79.6 cm³/mol. The molecule has 2 aromatic heterocycles. The molecule has 0 spiro atoms. The Morgan fingerprint density at radius 2 is 1.19 bits per heavy atom. The van der Waals surface area contributed by atoms with Gasteiger partial charge in [-0.1, -0.05) is 12.1 Å². The Balaban J connectivity index is 0.000000364. The van der Waals surface area contributed by atoms with Crippen molar-refractivity contribution < 1.29 is 17.1 Å². The van der Waals surface area contributed by atoms with E-state index in [0.717, 1.165) is 0 Å². The van der Waals surface area contributed by atoms with Crippen molar-refractivity contribution in [3.63, 3.8) is 0 Å². The molecule has 6 nitrogen and oxygen atoms in total. The van der Waals surface area contributed by atoms with Gasteiger partial charge in [-0.15, -0.1) is 0 Å². The standard InChI is InChI=1S/2C7H8N2O.Cu/c2*1-6(9-10)7-4-2-3-5-8-7;/h2*2-5,10H,1H3;/q;;+2/p-2/b2*9-6-;. The molecule has 0 bridgehead atoms. The van der Waals surface area contributed by atoms with Gasteiger partial charge in [0, 0.05) is 12.4 Å². The van der Waals surface area contributed by atoms with Crippen molar-refractivity contribution in [3.8, 4) is 0 Å². The van der Waals surface area contributed by atoms with Crippen molar-refractivity contribution in [1.29, 1.82) is 0 Å². The molecule has 2 heterocycles. The third-order valence-corrected chi connectivity index (χ3v) is 2.35. The quantitative estimate of drug-likeness (QED) is 0.479. The minimum absolute atomic E-state index is 0. The third-order valence-electron chi connectivity index (χ3n) is 2.35. The van der Waals surface area contributed by atoms with E-state index in [1.807, 2.05) is 12.1 Å². The normalized spacial score (nSPS) is 11.0. The number of aromatic nitrogens is 2. The molecular formula is C14H14CuN4O2. The van der Waals surface area contributed by atoms with E-state index in [-0.39, 0.29) is 17.1 Å². The Labute approximate surface area is 133 Å². The van der Waals surface area contributed by atoms with E-state index in [2.05, 4.69) is 20.3 Å². The van der Waals surface area contributed by atoms with Crippen molar-refractivity contribution in [2.24, 2.45) is 10.3 Å². The molecule has 0 aliphatic rings. The van der Waals surface area contributed by atoms with E-state index in [4.69, 9.17) is 0 Å². The van der Waals surface area contributed by atoms with Crippen LogP contribution in [0, 0.1) is 10.4 Å². The second-order valence-corrected chi connectivity index (χ2v) is 3.78. The summed E-state index contributed by atoms with van der Waals surface area (Å²) < 4.78 is 0. The molecule has 0 aliphatic heterocycles. The summed E-state index contributed by atoms with van der Waals surface area (Å²) in [5.74, 6) is 0. The predicted octanol–water partition coefficient (Wildman–Crippen LogP) is 2.77. The molecule has 0 saturated heterocycles. The van der Waals surface area contributed by atoms with E-state index >= 15 is 0 Å². The third kappa shape index (κ3) is 6.65. The SMILES string of the molecule is C/C(=N/[O-])c1ccccn1.C/C(=N/[O-])c1ccccn1.[Cu+2]. The molecule has 0 unspecified atom stereocenters. The van der Waals surface area contributed by atoms with Gasteiger partial charge in [0.1, 0.15) is 0 Å². The number of hydrogen-bond acceptors (Lipinski definition) is 6. The Bertz CT molecular complexity index is 521. The van der Waals surface area contributed by atoms with Crippen LogP contribution in [-0.4, -0.2) is 21.4 Å². The van der Waals surface area contributed by atoms with Crippen LogP contribution in [0.4, 0.5) is 0 Å². The summed E-state index contributed by atoms with van der Waals surface area (Å²) >= 11 is 0. The average molecular weight is 334 g/mol. The minimum atomic E-state index is 0. The van der Waals surface area contributed by atoms with E-state index in [1.165, 1.54) is 0 Å². The number of rotatable bonds is 2. The Morgan fingerprint density at radius 3 is 1.43 bits per heavy atom.